The second-order valence-electron chi connectivity index (χ2n) is 4.73. The predicted octanol–water partition coefficient (Wildman–Crippen LogP) is 1.70. The maximum absolute atomic E-state index is 11.7. The van der Waals surface area contributed by atoms with Crippen LogP contribution in [0, 0.1) is 0 Å². The van der Waals surface area contributed by atoms with E-state index in [1.807, 2.05) is 0 Å². The van der Waals surface area contributed by atoms with Gasteiger partial charge in [0.05, 0.1) is 20.1 Å². The number of ether oxygens (including phenoxy) is 2. The molecule has 1 heterocycles. The highest BCUT2D eigenvalue weighted by Crippen LogP contribution is 2.27. The molecule has 1 aliphatic heterocycles. The van der Waals surface area contributed by atoms with Gasteiger partial charge in [-0.3, -0.25) is 4.79 Å². The first-order valence-electron chi connectivity index (χ1n) is 6.25. The third kappa shape index (κ3) is 2.90. The van der Waals surface area contributed by atoms with Gasteiger partial charge < -0.3 is 14.4 Å². The molecule has 0 aromatic rings. The molecule has 2 aliphatic rings. The largest absolute Gasteiger partial charge is 0.469 e. The van der Waals surface area contributed by atoms with E-state index in [1.165, 1.54) is 26.4 Å². The van der Waals surface area contributed by atoms with Crippen molar-refractivity contribution in [3.05, 3.63) is 0 Å². The molecular formula is C12H19NO4. The van der Waals surface area contributed by atoms with E-state index in [0.29, 0.717) is 12.6 Å². The van der Waals surface area contributed by atoms with Crippen molar-refractivity contribution < 1.29 is 19.1 Å². The molecule has 1 atom stereocenters. The lowest BCUT2D eigenvalue weighted by Gasteiger charge is -2.28. The summed E-state index contributed by atoms with van der Waals surface area (Å²) in [6.45, 7) is 0.526. The van der Waals surface area contributed by atoms with Gasteiger partial charge in [-0.05, 0) is 12.8 Å². The van der Waals surface area contributed by atoms with E-state index in [2.05, 4.69) is 4.74 Å². The first kappa shape index (κ1) is 12.2. The van der Waals surface area contributed by atoms with Crippen LogP contribution < -0.4 is 0 Å². The van der Waals surface area contributed by atoms with Gasteiger partial charge in [-0.15, -0.1) is 0 Å². The van der Waals surface area contributed by atoms with Gasteiger partial charge in [0.2, 0.25) is 0 Å². The van der Waals surface area contributed by atoms with Crippen molar-refractivity contribution in [3.63, 3.8) is 0 Å². The topological polar surface area (TPSA) is 55.8 Å². The molecule has 1 aliphatic carbocycles. The molecule has 0 N–H and O–H groups in total. The molecule has 0 aromatic carbocycles. The third-order valence-electron chi connectivity index (χ3n) is 3.54. The number of rotatable bonds is 3. The van der Waals surface area contributed by atoms with Crippen LogP contribution >= 0.6 is 0 Å². The third-order valence-corrected chi connectivity index (χ3v) is 3.54. The maximum atomic E-state index is 11.7. The molecule has 17 heavy (non-hydrogen) atoms. The van der Waals surface area contributed by atoms with Crippen LogP contribution in [-0.2, 0) is 14.3 Å². The van der Waals surface area contributed by atoms with Crippen molar-refractivity contribution >= 4 is 12.1 Å². The summed E-state index contributed by atoms with van der Waals surface area (Å²) in [4.78, 5) is 24.6. The Morgan fingerprint density at radius 2 is 2.12 bits per heavy atom. The quantitative estimate of drug-likeness (QED) is 0.706. The van der Waals surface area contributed by atoms with Crippen molar-refractivity contribution in [2.75, 3.05) is 13.7 Å². The number of amides is 1. The van der Waals surface area contributed by atoms with Gasteiger partial charge in [0.15, 0.2) is 0 Å². The standard InChI is InChI=1S/C12H19NO4/c1-16-11(14)7-10-8-13(12(15)17-10)9-5-3-2-4-6-9/h9-10H,2-8H2,1H3. The molecule has 0 aromatic heterocycles. The molecule has 1 amide bonds. The molecule has 2 fully saturated rings. The normalized spacial score (nSPS) is 25.8. The minimum Gasteiger partial charge on any atom is -0.469 e. The van der Waals surface area contributed by atoms with Gasteiger partial charge >= 0.3 is 12.1 Å². The molecule has 1 unspecified atom stereocenters. The van der Waals surface area contributed by atoms with Crippen LogP contribution in [-0.4, -0.2) is 42.8 Å². The van der Waals surface area contributed by atoms with Gasteiger partial charge in [-0.25, -0.2) is 4.79 Å². The molecule has 0 bridgehead atoms. The predicted molar refractivity (Wildman–Crippen MR) is 60.5 cm³/mol. The Bertz CT molecular complexity index is 299. The van der Waals surface area contributed by atoms with Crippen LogP contribution in [0.15, 0.2) is 0 Å². The number of methoxy groups -OCH3 is 1. The smallest absolute Gasteiger partial charge is 0.410 e. The van der Waals surface area contributed by atoms with E-state index < -0.39 is 0 Å². The average molecular weight is 241 g/mol. The molecule has 0 spiro atoms. The Hall–Kier alpha value is -1.26. The van der Waals surface area contributed by atoms with Crippen molar-refractivity contribution in [3.8, 4) is 0 Å². The van der Waals surface area contributed by atoms with Gasteiger partial charge in [-0.1, -0.05) is 19.3 Å². The van der Waals surface area contributed by atoms with Crippen LogP contribution in [0.25, 0.3) is 0 Å². The number of carbonyl (C=O) groups excluding carboxylic acids is 2. The van der Waals surface area contributed by atoms with Crippen molar-refractivity contribution in [1.82, 2.24) is 4.90 Å². The zero-order chi connectivity index (χ0) is 12.3. The van der Waals surface area contributed by atoms with E-state index >= 15 is 0 Å². The zero-order valence-corrected chi connectivity index (χ0v) is 10.2. The Morgan fingerprint density at radius 3 is 2.76 bits per heavy atom. The van der Waals surface area contributed by atoms with Gasteiger partial charge in [0, 0.05) is 6.04 Å². The van der Waals surface area contributed by atoms with Crippen LogP contribution in [0.2, 0.25) is 0 Å². The Morgan fingerprint density at radius 1 is 1.41 bits per heavy atom. The SMILES string of the molecule is COC(=O)CC1CN(C2CCCCC2)C(=O)O1. The molecule has 5 nitrogen and oxygen atoms in total. The highest BCUT2D eigenvalue weighted by Gasteiger charge is 2.37. The van der Waals surface area contributed by atoms with Crippen LogP contribution in [0.3, 0.4) is 0 Å². The monoisotopic (exact) mass is 241 g/mol. The average Bonchev–Trinajstić information content (AvgIpc) is 2.71. The number of cyclic esters (lactones) is 1. The number of esters is 1. The Balaban J connectivity index is 1.88. The molecule has 1 saturated carbocycles. The zero-order valence-electron chi connectivity index (χ0n) is 10.2. The van der Waals surface area contributed by atoms with E-state index in [4.69, 9.17) is 4.74 Å². The summed E-state index contributed by atoms with van der Waals surface area (Å²) in [6, 6.07) is 0.305. The van der Waals surface area contributed by atoms with Crippen molar-refractivity contribution in [2.24, 2.45) is 0 Å². The van der Waals surface area contributed by atoms with Crippen molar-refractivity contribution in [1.29, 1.82) is 0 Å². The first-order valence-corrected chi connectivity index (χ1v) is 6.25. The number of hydrogen-bond acceptors (Lipinski definition) is 4. The minimum atomic E-state index is -0.336. The van der Waals surface area contributed by atoms with Gasteiger partial charge in [0.25, 0.3) is 0 Å². The fraction of sp³-hybridized carbons (Fsp3) is 0.833. The van der Waals surface area contributed by atoms with E-state index in [1.54, 1.807) is 4.90 Å². The fourth-order valence-electron chi connectivity index (χ4n) is 2.61. The second kappa shape index (κ2) is 5.38. The lowest BCUT2D eigenvalue weighted by molar-refractivity contribution is -0.142. The first-order chi connectivity index (χ1) is 8.20. The van der Waals surface area contributed by atoms with Crippen LogP contribution in [0.1, 0.15) is 38.5 Å². The van der Waals surface area contributed by atoms with Crippen LogP contribution in [0.5, 0.6) is 0 Å². The highest BCUT2D eigenvalue weighted by atomic mass is 16.6. The summed E-state index contributed by atoms with van der Waals surface area (Å²) in [5, 5.41) is 0. The Labute approximate surface area is 101 Å². The molecular weight excluding hydrogens is 222 g/mol. The lowest BCUT2D eigenvalue weighted by atomic mass is 9.94. The van der Waals surface area contributed by atoms with Gasteiger partial charge in [-0.2, -0.15) is 0 Å². The number of carbonyl (C=O) groups is 2. The highest BCUT2D eigenvalue weighted by molar-refractivity contribution is 5.74. The van der Waals surface area contributed by atoms with E-state index in [-0.39, 0.29) is 24.6 Å². The van der Waals surface area contributed by atoms with E-state index in [0.717, 1.165) is 12.8 Å². The number of hydrogen-bond donors (Lipinski definition) is 0. The maximum Gasteiger partial charge on any atom is 0.410 e. The van der Waals surface area contributed by atoms with Crippen LogP contribution in [0.4, 0.5) is 4.79 Å². The van der Waals surface area contributed by atoms with Crippen molar-refractivity contribution in [2.45, 2.75) is 50.7 Å². The Kier molecular flexibility index (Phi) is 3.86. The molecule has 2 rings (SSSR count). The van der Waals surface area contributed by atoms with Gasteiger partial charge in [0.1, 0.15) is 6.10 Å². The number of nitrogens with zero attached hydrogens (tertiary/aromatic N) is 1. The molecule has 5 heteroatoms. The summed E-state index contributed by atoms with van der Waals surface area (Å²) in [7, 11) is 1.35. The summed E-state index contributed by atoms with van der Waals surface area (Å²) in [6.07, 6.45) is 5.27. The lowest BCUT2D eigenvalue weighted by Crippen LogP contribution is -2.37. The summed E-state index contributed by atoms with van der Waals surface area (Å²) < 4.78 is 9.77. The summed E-state index contributed by atoms with van der Waals surface area (Å²) in [5.74, 6) is -0.326. The fourth-order valence-corrected chi connectivity index (χ4v) is 2.61. The molecule has 0 radical (unpaired) electrons. The second-order valence-corrected chi connectivity index (χ2v) is 4.73. The molecule has 1 saturated heterocycles. The minimum absolute atomic E-state index is 0.158. The summed E-state index contributed by atoms with van der Waals surface area (Å²) >= 11 is 0. The molecule has 96 valence electrons. The van der Waals surface area contributed by atoms with E-state index in [9.17, 15) is 9.59 Å². The summed E-state index contributed by atoms with van der Waals surface area (Å²) in [5.41, 5.74) is 0.